The Morgan fingerprint density at radius 3 is 2.48 bits per heavy atom. The molecule has 2 rings (SSSR count). The van der Waals surface area contributed by atoms with E-state index in [1.807, 2.05) is 4.90 Å². The lowest BCUT2D eigenvalue weighted by Crippen LogP contribution is -2.52. The van der Waals surface area contributed by atoms with Crippen molar-refractivity contribution in [2.75, 3.05) is 13.1 Å². The summed E-state index contributed by atoms with van der Waals surface area (Å²) in [5, 5.41) is 10.4. The van der Waals surface area contributed by atoms with Crippen LogP contribution in [0.25, 0.3) is 0 Å². The van der Waals surface area contributed by atoms with Crippen LogP contribution in [0.15, 0.2) is 0 Å². The third-order valence-electron chi connectivity index (χ3n) is 5.49. The third kappa shape index (κ3) is 4.21. The average molecular weight is 295 g/mol. The Balaban J connectivity index is 1.89. The van der Waals surface area contributed by atoms with Crippen molar-refractivity contribution in [1.29, 1.82) is 0 Å². The molecular weight excluding hydrogens is 262 g/mol. The Bertz CT molecular complexity index is 328. The molecule has 1 saturated carbocycles. The standard InChI is InChI=1S/C18H33NO2/c1-4-6-7-8-14(5-2)18(21)19-11-13(3)17(15-9-10-15)16(20)12-19/h13-17,20H,4-12H2,1-3H3. The smallest absolute Gasteiger partial charge is 0.225 e. The molecule has 0 spiro atoms. The Labute approximate surface area is 130 Å². The molecule has 3 nitrogen and oxygen atoms in total. The second-order valence-electron chi connectivity index (χ2n) is 7.30. The molecule has 4 atom stereocenters. The number of piperidine rings is 1. The van der Waals surface area contributed by atoms with Crippen molar-refractivity contribution >= 4 is 5.91 Å². The minimum Gasteiger partial charge on any atom is -0.391 e. The Kier molecular flexibility index (Phi) is 6.09. The van der Waals surface area contributed by atoms with E-state index in [0.717, 1.165) is 31.7 Å². The van der Waals surface area contributed by atoms with Crippen molar-refractivity contribution in [2.45, 2.75) is 71.8 Å². The van der Waals surface area contributed by atoms with Gasteiger partial charge in [-0.15, -0.1) is 0 Å². The summed E-state index contributed by atoms with van der Waals surface area (Å²) in [7, 11) is 0. The molecule has 2 fully saturated rings. The summed E-state index contributed by atoms with van der Waals surface area (Å²) >= 11 is 0. The van der Waals surface area contributed by atoms with E-state index in [2.05, 4.69) is 20.8 Å². The van der Waals surface area contributed by atoms with Crippen LogP contribution in [0.5, 0.6) is 0 Å². The summed E-state index contributed by atoms with van der Waals surface area (Å²) in [6, 6.07) is 0. The van der Waals surface area contributed by atoms with Gasteiger partial charge in [-0.2, -0.15) is 0 Å². The van der Waals surface area contributed by atoms with Gasteiger partial charge in [0.05, 0.1) is 6.10 Å². The van der Waals surface area contributed by atoms with Crippen LogP contribution in [0.4, 0.5) is 0 Å². The first kappa shape index (κ1) is 16.8. The molecule has 0 aromatic heterocycles. The fraction of sp³-hybridized carbons (Fsp3) is 0.944. The van der Waals surface area contributed by atoms with E-state index < -0.39 is 0 Å². The molecule has 122 valence electrons. The minimum atomic E-state index is -0.307. The van der Waals surface area contributed by atoms with Crippen molar-refractivity contribution in [2.24, 2.45) is 23.7 Å². The average Bonchev–Trinajstić information content (AvgIpc) is 3.27. The maximum atomic E-state index is 12.7. The number of aliphatic hydroxyl groups excluding tert-OH is 1. The van der Waals surface area contributed by atoms with Crippen molar-refractivity contribution in [3.63, 3.8) is 0 Å². The van der Waals surface area contributed by atoms with Crippen molar-refractivity contribution in [1.82, 2.24) is 4.90 Å². The summed E-state index contributed by atoms with van der Waals surface area (Å²) in [5.41, 5.74) is 0. The number of aliphatic hydroxyl groups is 1. The molecule has 1 saturated heterocycles. The molecule has 0 aromatic carbocycles. The summed E-state index contributed by atoms with van der Waals surface area (Å²) in [6.45, 7) is 7.94. The number of carbonyl (C=O) groups is 1. The monoisotopic (exact) mass is 295 g/mol. The molecule has 1 amide bonds. The van der Waals surface area contributed by atoms with Crippen LogP contribution < -0.4 is 0 Å². The summed E-state index contributed by atoms with van der Waals surface area (Å²) < 4.78 is 0. The van der Waals surface area contributed by atoms with Crippen LogP contribution in [-0.4, -0.2) is 35.1 Å². The topological polar surface area (TPSA) is 40.5 Å². The summed E-state index contributed by atoms with van der Waals surface area (Å²) in [4.78, 5) is 14.7. The van der Waals surface area contributed by atoms with Crippen LogP contribution in [0.1, 0.15) is 65.7 Å². The fourth-order valence-corrected chi connectivity index (χ4v) is 4.11. The number of hydrogen-bond acceptors (Lipinski definition) is 2. The quantitative estimate of drug-likeness (QED) is 0.731. The highest BCUT2D eigenvalue weighted by Gasteiger charge is 2.44. The Hall–Kier alpha value is -0.570. The van der Waals surface area contributed by atoms with Crippen molar-refractivity contribution in [3.8, 4) is 0 Å². The van der Waals surface area contributed by atoms with E-state index in [1.165, 1.54) is 25.7 Å². The third-order valence-corrected chi connectivity index (χ3v) is 5.49. The highest BCUT2D eigenvalue weighted by atomic mass is 16.3. The molecule has 0 aromatic rings. The van der Waals surface area contributed by atoms with Gasteiger partial charge in [0.1, 0.15) is 0 Å². The largest absolute Gasteiger partial charge is 0.391 e. The maximum absolute atomic E-state index is 12.7. The molecule has 1 aliphatic heterocycles. The zero-order chi connectivity index (χ0) is 15.4. The van der Waals surface area contributed by atoms with E-state index in [9.17, 15) is 9.90 Å². The highest BCUT2D eigenvalue weighted by Crippen LogP contribution is 2.44. The Morgan fingerprint density at radius 1 is 1.24 bits per heavy atom. The van der Waals surface area contributed by atoms with E-state index in [4.69, 9.17) is 0 Å². The molecule has 21 heavy (non-hydrogen) atoms. The molecule has 0 radical (unpaired) electrons. The van der Waals surface area contributed by atoms with Gasteiger partial charge >= 0.3 is 0 Å². The minimum absolute atomic E-state index is 0.161. The van der Waals surface area contributed by atoms with E-state index in [1.54, 1.807) is 0 Å². The van der Waals surface area contributed by atoms with Gasteiger partial charge in [0.2, 0.25) is 5.91 Å². The van der Waals surface area contributed by atoms with Crippen molar-refractivity contribution < 1.29 is 9.90 Å². The maximum Gasteiger partial charge on any atom is 0.225 e. The summed E-state index contributed by atoms with van der Waals surface area (Å²) in [5.74, 6) is 2.04. The highest BCUT2D eigenvalue weighted by molar-refractivity contribution is 5.79. The number of nitrogens with zero attached hydrogens (tertiary/aromatic N) is 1. The van der Waals surface area contributed by atoms with Crippen LogP contribution >= 0.6 is 0 Å². The van der Waals surface area contributed by atoms with Gasteiger partial charge < -0.3 is 10.0 Å². The predicted molar refractivity (Wildman–Crippen MR) is 85.9 cm³/mol. The molecule has 1 heterocycles. The van der Waals surface area contributed by atoms with Gasteiger partial charge in [-0.3, -0.25) is 4.79 Å². The number of hydrogen-bond donors (Lipinski definition) is 1. The lowest BCUT2D eigenvalue weighted by molar-refractivity contribution is -0.143. The zero-order valence-corrected chi connectivity index (χ0v) is 14.1. The van der Waals surface area contributed by atoms with Gasteiger partial charge in [0.15, 0.2) is 0 Å². The number of unbranched alkanes of at least 4 members (excludes halogenated alkanes) is 2. The van der Waals surface area contributed by atoms with E-state index in [0.29, 0.717) is 18.4 Å². The number of rotatable bonds is 7. The predicted octanol–water partition coefficient (Wildman–Crippen LogP) is 3.46. The number of β-amino-alcohol motifs (C(OH)–C–C–N with tert-alkyl or cyclic N) is 1. The second-order valence-corrected chi connectivity index (χ2v) is 7.30. The van der Waals surface area contributed by atoms with Gasteiger partial charge in [-0.25, -0.2) is 0 Å². The van der Waals surface area contributed by atoms with Gasteiger partial charge in [-0.1, -0.05) is 40.0 Å². The van der Waals surface area contributed by atoms with Crippen LogP contribution in [-0.2, 0) is 4.79 Å². The summed E-state index contributed by atoms with van der Waals surface area (Å²) in [6.07, 6.45) is 7.74. The normalized spacial score (nSPS) is 31.2. The molecule has 0 bridgehead atoms. The second kappa shape index (κ2) is 7.62. The van der Waals surface area contributed by atoms with E-state index >= 15 is 0 Å². The lowest BCUT2D eigenvalue weighted by Gasteiger charge is -2.42. The lowest BCUT2D eigenvalue weighted by atomic mass is 9.80. The first-order valence-electron chi connectivity index (χ1n) is 9.05. The van der Waals surface area contributed by atoms with Gasteiger partial charge in [-0.05, 0) is 43.4 Å². The van der Waals surface area contributed by atoms with Crippen LogP contribution in [0.2, 0.25) is 0 Å². The number of carbonyl (C=O) groups excluding carboxylic acids is 1. The first-order valence-corrected chi connectivity index (χ1v) is 9.05. The number of amides is 1. The molecule has 4 unspecified atom stereocenters. The fourth-order valence-electron chi connectivity index (χ4n) is 4.11. The molecule has 3 heteroatoms. The van der Waals surface area contributed by atoms with Crippen LogP contribution in [0, 0.1) is 23.7 Å². The molecule has 1 aliphatic carbocycles. The van der Waals surface area contributed by atoms with E-state index in [-0.39, 0.29) is 17.9 Å². The van der Waals surface area contributed by atoms with Gasteiger partial charge in [0, 0.05) is 19.0 Å². The van der Waals surface area contributed by atoms with Crippen molar-refractivity contribution in [3.05, 3.63) is 0 Å². The molecule has 1 N–H and O–H groups in total. The van der Waals surface area contributed by atoms with Gasteiger partial charge in [0.25, 0.3) is 0 Å². The molecular formula is C18H33NO2. The zero-order valence-electron chi connectivity index (χ0n) is 14.1. The molecule has 2 aliphatic rings. The van der Waals surface area contributed by atoms with Crippen LogP contribution in [0.3, 0.4) is 0 Å². The Morgan fingerprint density at radius 2 is 1.95 bits per heavy atom. The first-order chi connectivity index (χ1) is 10.1. The number of likely N-dealkylation sites (tertiary alicyclic amines) is 1. The SMILES string of the molecule is CCCCCC(CC)C(=O)N1CC(C)C(C2CC2)C(O)C1.